The largest absolute Gasteiger partial charge is 0.481 e. The lowest BCUT2D eigenvalue weighted by Crippen LogP contribution is -2.04. The molecule has 1 fully saturated rings. The van der Waals surface area contributed by atoms with Gasteiger partial charge in [0.1, 0.15) is 11.6 Å². The van der Waals surface area contributed by atoms with E-state index in [1.54, 1.807) is 18.2 Å². The summed E-state index contributed by atoms with van der Waals surface area (Å²) in [6.45, 7) is 0. The molecule has 0 bridgehead atoms. The quantitative estimate of drug-likeness (QED) is 0.918. The number of aliphatic carboxylic acids is 1. The molecule has 0 heterocycles. The number of hydrogen-bond donors (Lipinski definition) is 1. The highest BCUT2D eigenvalue weighted by atomic mass is 19.1. The third-order valence-electron chi connectivity index (χ3n) is 3.70. The molecular weight excluding hydrogens is 274 g/mol. The van der Waals surface area contributed by atoms with Crippen molar-refractivity contribution in [2.75, 3.05) is 0 Å². The minimum atomic E-state index is -0.903. The van der Waals surface area contributed by atoms with E-state index in [9.17, 15) is 13.6 Å². The molecule has 1 aliphatic rings. The molecule has 1 N–H and O–H groups in total. The molecule has 0 atom stereocenters. The molecular formula is C17H14F2O2. The first-order chi connectivity index (χ1) is 10.0. The van der Waals surface area contributed by atoms with Crippen molar-refractivity contribution in [3.05, 3.63) is 59.2 Å². The molecule has 3 rings (SSSR count). The Kier molecular flexibility index (Phi) is 3.45. The number of benzene rings is 2. The van der Waals surface area contributed by atoms with Crippen LogP contribution >= 0.6 is 0 Å². The van der Waals surface area contributed by atoms with E-state index in [-0.39, 0.29) is 6.42 Å². The van der Waals surface area contributed by atoms with Crippen LogP contribution in [-0.4, -0.2) is 11.1 Å². The van der Waals surface area contributed by atoms with E-state index in [2.05, 4.69) is 0 Å². The molecule has 1 aliphatic carbocycles. The van der Waals surface area contributed by atoms with Crippen molar-refractivity contribution in [1.82, 2.24) is 0 Å². The summed E-state index contributed by atoms with van der Waals surface area (Å²) in [4.78, 5) is 11.0. The van der Waals surface area contributed by atoms with E-state index in [4.69, 9.17) is 5.11 Å². The van der Waals surface area contributed by atoms with E-state index in [1.165, 1.54) is 12.1 Å². The summed E-state index contributed by atoms with van der Waals surface area (Å²) in [7, 11) is 0. The average Bonchev–Trinajstić information content (AvgIpc) is 3.20. The zero-order valence-corrected chi connectivity index (χ0v) is 11.3. The highest BCUT2D eigenvalue weighted by Gasteiger charge is 2.29. The van der Waals surface area contributed by atoms with Gasteiger partial charge in [-0.15, -0.1) is 0 Å². The normalized spacial score (nSPS) is 14.2. The van der Waals surface area contributed by atoms with Gasteiger partial charge < -0.3 is 5.11 Å². The second-order valence-electron chi connectivity index (χ2n) is 5.38. The highest BCUT2D eigenvalue weighted by Crippen LogP contribution is 2.46. The Morgan fingerprint density at radius 1 is 1.14 bits per heavy atom. The fourth-order valence-electron chi connectivity index (χ4n) is 2.75. The summed E-state index contributed by atoms with van der Waals surface area (Å²) in [5.74, 6) is -1.87. The summed E-state index contributed by atoms with van der Waals surface area (Å²) >= 11 is 0. The SMILES string of the molecule is O=C(O)Cc1cccc(-c2cc(F)cc(F)c2)c1C1CC1. The van der Waals surface area contributed by atoms with Crippen molar-refractivity contribution in [3.8, 4) is 11.1 Å². The Morgan fingerprint density at radius 3 is 2.38 bits per heavy atom. The van der Waals surface area contributed by atoms with Gasteiger partial charge in [0.15, 0.2) is 0 Å². The van der Waals surface area contributed by atoms with E-state index < -0.39 is 17.6 Å². The van der Waals surface area contributed by atoms with E-state index >= 15 is 0 Å². The minimum Gasteiger partial charge on any atom is -0.481 e. The monoisotopic (exact) mass is 288 g/mol. The van der Waals surface area contributed by atoms with Gasteiger partial charge in [0, 0.05) is 6.07 Å². The second kappa shape index (κ2) is 5.28. The topological polar surface area (TPSA) is 37.3 Å². The van der Waals surface area contributed by atoms with Crippen LogP contribution in [0.5, 0.6) is 0 Å². The van der Waals surface area contributed by atoms with Gasteiger partial charge >= 0.3 is 5.97 Å². The summed E-state index contributed by atoms with van der Waals surface area (Å²) in [5.41, 5.74) is 2.84. The number of carboxylic acid groups (broad SMARTS) is 1. The number of hydrogen-bond acceptors (Lipinski definition) is 1. The van der Waals surface area contributed by atoms with Gasteiger partial charge in [-0.2, -0.15) is 0 Å². The van der Waals surface area contributed by atoms with Gasteiger partial charge in [-0.05, 0) is 53.1 Å². The number of carbonyl (C=O) groups is 1. The Morgan fingerprint density at radius 2 is 1.81 bits per heavy atom. The molecule has 0 unspecified atom stereocenters. The Bertz CT molecular complexity index is 686. The third-order valence-corrected chi connectivity index (χ3v) is 3.70. The predicted octanol–water partition coefficient (Wildman–Crippen LogP) is 4.14. The van der Waals surface area contributed by atoms with E-state index in [0.29, 0.717) is 11.5 Å². The Balaban J connectivity index is 2.15. The Labute approximate surface area is 121 Å². The first-order valence-corrected chi connectivity index (χ1v) is 6.84. The van der Waals surface area contributed by atoms with Crippen LogP contribution in [0.4, 0.5) is 8.78 Å². The van der Waals surface area contributed by atoms with Crippen LogP contribution in [0.1, 0.15) is 29.9 Å². The maximum Gasteiger partial charge on any atom is 0.307 e. The zero-order valence-electron chi connectivity index (χ0n) is 11.3. The lowest BCUT2D eigenvalue weighted by Gasteiger charge is -2.14. The molecule has 4 heteroatoms. The van der Waals surface area contributed by atoms with Gasteiger partial charge in [-0.1, -0.05) is 18.2 Å². The standard InChI is InChI=1S/C17H14F2O2/c18-13-6-12(7-14(19)9-13)15-3-1-2-11(8-16(20)21)17(15)10-4-5-10/h1-3,6-7,9-10H,4-5,8H2,(H,20,21). The molecule has 0 aliphatic heterocycles. The van der Waals surface area contributed by atoms with Crippen LogP contribution in [-0.2, 0) is 11.2 Å². The molecule has 0 saturated heterocycles. The molecule has 2 nitrogen and oxygen atoms in total. The lowest BCUT2D eigenvalue weighted by molar-refractivity contribution is -0.136. The van der Waals surface area contributed by atoms with Gasteiger partial charge in [0.2, 0.25) is 0 Å². The van der Waals surface area contributed by atoms with Crippen molar-refractivity contribution < 1.29 is 18.7 Å². The summed E-state index contributed by atoms with van der Waals surface area (Å²) in [6.07, 6.45) is 1.90. The van der Waals surface area contributed by atoms with E-state index in [1.807, 2.05) is 0 Å². The van der Waals surface area contributed by atoms with E-state index in [0.717, 1.165) is 35.6 Å². The van der Waals surface area contributed by atoms with Crippen LogP contribution in [0.25, 0.3) is 11.1 Å². The maximum absolute atomic E-state index is 13.4. The molecule has 0 amide bonds. The maximum atomic E-state index is 13.4. The highest BCUT2D eigenvalue weighted by molar-refractivity contribution is 5.75. The molecule has 2 aromatic carbocycles. The second-order valence-corrected chi connectivity index (χ2v) is 5.38. The molecule has 21 heavy (non-hydrogen) atoms. The average molecular weight is 288 g/mol. The number of rotatable bonds is 4. The third kappa shape index (κ3) is 2.94. The van der Waals surface area contributed by atoms with Crippen molar-refractivity contribution in [1.29, 1.82) is 0 Å². The first-order valence-electron chi connectivity index (χ1n) is 6.84. The number of halogens is 2. The summed E-state index contributed by atoms with van der Waals surface area (Å²) in [6, 6.07) is 8.72. The minimum absolute atomic E-state index is 0.0720. The van der Waals surface area contributed by atoms with Gasteiger partial charge in [-0.3, -0.25) is 4.79 Å². The van der Waals surface area contributed by atoms with Crippen LogP contribution < -0.4 is 0 Å². The Hall–Kier alpha value is -2.23. The smallest absolute Gasteiger partial charge is 0.307 e. The first kappa shape index (κ1) is 13.7. The van der Waals surface area contributed by atoms with Crippen LogP contribution in [0.3, 0.4) is 0 Å². The molecule has 0 spiro atoms. The van der Waals surface area contributed by atoms with Crippen LogP contribution in [0.15, 0.2) is 36.4 Å². The lowest BCUT2D eigenvalue weighted by atomic mass is 9.91. The molecule has 0 aromatic heterocycles. The molecule has 0 radical (unpaired) electrons. The molecule has 108 valence electrons. The van der Waals surface area contributed by atoms with Crippen molar-refractivity contribution in [3.63, 3.8) is 0 Å². The fourth-order valence-corrected chi connectivity index (χ4v) is 2.75. The molecule has 1 saturated carbocycles. The zero-order chi connectivity index (χ0) is 15.0. The van der Waals surface area contributed by atoms with Crippen molar-refractivity contribution in [2.45, 2.75) is 25.2 Å². The van der Waals surface area contributed by atoms with Gasteiger partial charge in [0.25, 0.3) is 0 Å². The van der Waals surface area contributed by atoms with Crippen LogP contribution in [0.2, 0.25) is 0 Å². The summed E-state index contributed by atoms with van der Waals surface area (Å²) < 4.78 is 26.9. The van der Waals surface area contributed by atoms with Gasteiger partial charge in [0.05, 0.1) is 6.42 Å². The van der Waals surface area contributed by atoms with Crippen LogP contribution in [0, 0.1) is 11.6 Å². The van der Waals surface area contributed by atoms with Crippen molar-refractivity contribution in [2.24, 2.45) is 0 Å². The van der Waals surface area contributed by atoms with Crippen molar-refractivity contribution >= 4 is 5.97 Å². The fraction of sp³-hybridized carbons (Fsp3) is 0.235. The van der Waals surface area contributed by atoms with Gasteiger partial charge in [-0.25, -0.2) is 8.78 Å². The number of carboxylic acids is 1. The summed E-state index contributed by atoms with van der Waals surface area (Å²) in [5, 5.41) is 9.02. The predicted molar refractivity (Wildman–Crippen MR) is 75.1 cm³/mol. The molecule has 2 aromatic rings.